The molecule has 7 heteroatoms. The number of nitrogens with one attached hydrogen (secondary N) is 1. The minimum Gasteiger partial charge on any atom is -0.455 e. The number of amides is 1. The van der Waals surface area contributed by atoms with Crippen molar-refractivity contribution in [2.24, 2.45) is 24.8 Å². The van der Waals surface area contributed by atoms with Crippen molar-refractivity contribution in [3.05, 3.63) is 11.8 Å². The average molecular weight is 333 g/mol. The van der Waals surface area contributed by atoms with Crippen molar-refractivity contribution in [1.82, 2.24) is 9.78 Å². The van der Waals surface area contributed by atoms with Crippen LogP contribution in [0.1, 0.15) is 37.8 Å². The number of aromatic nitrogens is 2. The molecule has 2 bridgehead atoms. The van der Waals surface area contributed by atoms with Gasteiger partial charge < -0.3 is 10.1 Å². The standard InChI is InChI=1S/C17H23N3O4/c1-10-6-14(20(2)19-10)18-15(21)9-24-17(23)13-7-11-4-3-5-12(8-13)16(11)22/h6,11-13H,3-5,7-9H2,1-2H3,(H,18,21). The van der Waals surface area contributed by atoms with Gasteiger partial charge in [-0.05, 0) is 32.6 Å². The third-order valence-electron chi connectivity index (χ3n) is 5.00. The molecule has 2 saturated carbocycles. The van der Waals surface area contributed by atoms with Gasteiger partial charge in [-0.25, -0.2) is 0 Å². The molecule has 7 nitrogen and oxygen atoms in total. The van der Waals surface area contributed by atoms with Crippen LogP contribution in [0.4, 0.5) is 5.82 Å². The molecular formula is C17H23N3O4. The predicted molar refractivity (Wildman–Crippen MR) is 86.1 cm³/mol. The highest BCUT2D eigenvalue weighted by Gasteiger charge is 2.41. The monoisotopic (exact) mass is 333 g/mol. The van der Waals surface area contributed by atoms with E-state index in [1.165, 1.54) is 0 Å². The molecule has 0 saturated heterocycles. The van der Waals surface area contributed by atoms with Crippen LogP contribution in [0.25, 0.3) is 0 Å². The van der Waals surface area contributed by atoms with Crippen LogP contribution < -0.4 is 5.32 Å². The maximum atomic E-state index is 12.2. The van der Waals surface area contributed by atoms with Crippen molar-refractivity contribution < 1.29 is 19.1 Å². The Morgan fingerprint density at radius 3 is 2.58 bits per heavy atom. The molecule has 2 unspecified atom stereocenters. The number of Topliss-reactive ketones (excluding diaryl/α,β-unsaturated/α-hetero) is 1. The average Bonchev–Trinajstić information content (AvgIpc) is 2.82. The van der Waals surface area contributed by atoms with Crippen molar-refractivity contribution in [2.75, 3.05) is 11.9 Å². The number of fused-ring (bicyclic) bond motifs is 2. The lowest BCUT2D eigenvalue weighted by molar-refractivity contribution is -0.155. The van der Waals surface area contributed by atoms with Gasteiger partial charge in [-0.15, -0.1) is 0 Å². The quantitative estimate of drug-likeness (QED) is 0.845. The van der Waals surface area contributed by atoms with Gasteiger partial charge in [0.1, 0.15) is 11.6 Å². The highest BCUT2D eigenvalue weighted by atomic mass is 16.5. The van der Waals surface area contributed by atoms with Gasteiger partial charge in [0.15, 0.2) is 6.61 Å². The number of ketones is 1. The summed E-state index contributed by atoms with van der Waals surface area (Å²) in [5.74, 6) is -0.137. The molecular weight excluding hydrogens is 310 g/mol. The number of rotatable bonds is 4. The Bertz CT molecular complexity index is 651. The summed E-state index contributed by atoms with van der Waals surface area (Å²) >= 11 is 0. The lowest BCUT2D eigenvalue weighted by Gasteiger charge is -2.36. The second-order valence-electron chi connectivity index (χ2n) is 6.85. The molecule has 1 amide bonds. The van der Waals surface area contributed by atoms with Crippen molar-refractivity contribution in [3.63, 3.8) is 0 Å². The van der Waals surface area contributed by atoms with E-state index in [2.05, 4.69) is 10.4 Å². The zero-order chi connectivity index (χ0) is 17.3. The number of hydrogen-bond acceptors (Lipinski definition) is 5. The minimum absolute atomic E-state index is 0.00120. The number of esters is 1. The summed E-state index contributed by atoms with van der Waals surface area (Å²) < 4.78 is 6.73. The first-order valence-corrected chi connectivity index (χ1v) is 8.45. The van der Waals surface area contributed by atoms with Gasteiger partial charge in [0.05, 0.1) is 11.6 Å². The molecule has 2 atom stereocenters. The zero-order valence-electron chi connectivity index (χ0n) is 14.1. The fourth-order valence-electron chi connectivity index (χ4n) is 3.83. The summed E-state index contributed by atoms with van der Waals surface area (Å²) in [6.07, 6.45) is 3.95. The van der Waals surface area contributed by atoms with Crippen LogP contribution in [0.5, 0.6) is 0 Å². The molecule has 0 aliphatic heterocycles. The molecule has 24 heavy (non-hydrogen) atoms. The number of carbonyl (C=O) groups excluding carboxylic acids is 3. The van der Waals surface area contributed by atoms with Crippen molar-refractivity contribution in [3.8, 4) is 0 Å². The summed E-state index contributed by atoms with van der Waals surface area (Å²) in [6.45, 7) is 1.51. The lowest BCUT2D eigenvalue weighted by Crippen LogP contribution is -2.40. The van der Waals surface area contributed by atoms with Gasteiger partial charge in [0.25, 0.3) is 5.91 Å². The Morgan fingerprint density at radius 2 is 2.00 bits per heavy atom. The first-order valence-electron chi connectivity index (χ1n) is 8.45. The van der Waals surface area contributed by atoms with Crippen LogP contribution >= 0.6 is 0 Å². The smallest absolute Gasteiger partial charge is 0.309 e. The van der Waals surface area contributed by atoms with Crippen LogP contribution in [0.2, 0.25) is 0 Å². The Labute approximate surface area is 140 Å². The first kappa shape index (κ1) is 16.7. The molecule has 2 fully saturated rings. The highest BCUT2D eigenvalue weighted by Crippen LogP contribution is 2.40. The van der Waals surface area contributed by atoms with E-state index in [0.717, 1.165) is 25.0 Å². The Kier molecular flexibility index (Phi) is 4.69. The maximum Gasteiger partial charge on any atom is 0.309 e. The third-order valence-corrected chi connectivity index (χ3v) is 5.00. The molecule has 1 heterocycles. The number of ether oxygens (including phenoxy) is 1. The number of aryl methyl sites for hydroxylation is 2. The van der Waals surface area contributed by atoms with Gasteiger partial charge in [0, 0.05) is 24.9 Å². The van der Waals surface area contributed by atoms with Crippen LogP contribution in [0, 0.1) is 24.7 Å². The van der Waals surface area contributed by atoms with Crippen molar-refractivity contribution in [2.45, 2.75) is 39.0 Å². The van der Waals surface area contributed by atoms with Gasteiger partial charge >= 0.3 is 5.97 Å². The molecule has 0 radical (unpaired) electrons. The molecule has 1 N–H and O–H groups in total. The Morgan fingerprint density at radius 1 is 1.33 bits per heavy atom. The summed E-state index contributed by atoms with van der Waals surface area (Å²) in [7, 11) is 1.73. The third kappa shape index (κ3) is 3.49. The summed E-state index contributed by atoms with van der Waals surface area (Å²) in [5.41, 5.74) is 0.795. The SMILES string of the molecule is Cc1cc(NC(=O)COC(=O)C2CC3CCCC(C2)C3=O)n(C)n1. The van der Waals surface area contributed by atoms with Gasteiger partial charge in [-0.3, -0.25) is 19.1 Å². The lowest BCUT2D eigenvalue weighted by atomic mass is 9.67. The Balaban J connectivity index is 1.49. The summed E-state index contributed by atoms with van der Waals surface area (Å²) in [4.78, 5) is 36.2. The van der Waals surface area contributed by atoms with E-state index in [1.807, 2.05) is 6.92 Å². The Hall–Kier alpha value is -2.18. The second kappa shape index (κ2) is 6.75. The molecule has 3 rings (SSSR count). The van der Waals surface area contributed by atoms with E-state index < -0.39 is 5.91 Å². The molecule has 0 aromatic carbocycles. The van der Waals surface area contributed by atoms with E-state index >= 15 is 0 Å². The van der Waals surface area contributed by atoms with Crippen molar-refractivity contribution >= 4 is 23.5 Å². The van der Waals surface area contributed by atoms with Crippen LogP contribution in [0.3, 0.4) is 0 Å². The fraction of sp³-hybridized carbons (Fsp3) is 0.647. The fourth-order valence-corrected chi connectivity index (χ4v) is 3.83. The van der Waals surface area contributed by atoms with E-state index in [-0.39, 0.29) is 30.3 Å². The van der Waals surface area contributed by atoms with Gasteiger partial charge in [-0.2, -0.15) is 5.10 Å². The molecule has 0 spiro atoms. The predicted octanol–water partition coefficient (Wildman–Crippen LogP) is 1.61. The van der Waals surface area contributed by atoms with E-state index in [0.29, 0.717) is 24.4 Å². The molecule has 1 aromatic rings. The summed E-state index contributed by atoms with van der Waals surface area (Å²) in [5, 5.41) is 6.80. The normalized spacial score (nSPS) is 26.1. The minimum atomic E-state index is -0.390. The van der Waals surface area contributed by atoms with E-state index in [1.54, 1.807) is 17.8 Å². The topological polar surface area (TPSA) is 90.3 Å². The number of carbonyl (C=O) groups is 3. The maximum absolute atomic E-state index is 12.2. The molecule has 2 aliphatic rings. The second-order valence-corrected chi connectivity index (χ2v) is 6.85. The van der Waals surface area contributed by atoms with Crippen LogP contribution in [-0.2, 0) is 26.2 Å². The number of nitrogens with zero attached hydrogens (tertiary/aromatic N) is 2. The number of hydrogen-bond donors (Lipinski definition) is 1. The van der Waals surface area contributed by atoms with Crippen LogP contribution in [-0.4, -0.2) is 34.0 Å². The zero-order valence-corrected chi connectivity index (χ0v) is 14.1. The van der Waals surface area contributed by atoms with Gasteiger partial charge in [-0.1, -0.05) is 6.42 Å². The summed E-state index contributed by atoms with van der Waals surface area (Å²) in [6, 6.07) is 1.74. The van der Waals surface area contributed by atoms with Crippen molar-refractivity contribution in [1.29, 1.82) is 0 Å². The van der Waals surface area contributed by atoms with Crippen LogP contribution in [0.15, 0.2) is 6.07 Å². The first-order chi connectivity index (χ1) is 11.4. The number of anilines is 1. The van der Waals surface area contributed by atoms with E-state index in [9.17, 15) is 14.4 Å². The molecule has 130 valence electrons. The molecule has 1 aromatic heterocycles. The van der Waals surface area contributed by atoms with E-state index in [4.69, 9.17) is 4.74 Å². The molecule has 2 aliphatic carbocycles. The highest BCUT2D eigenvalue weighted by molar-refractivity contribution is 5.92. The largest absolute Gasteiger partial charge is 0.455 e. The van der Waals surface area contributed by atoms with Gasteiger partial charge in [0.2, 0.25) is 0 Å².